The highest BCUT2D eigenvalue weighted by atomic mass is 32.2. The number of nitrogens with one attached hydrogen (secondary N) is 1. The van der Waals surface area contributed by atoms with Crippen LogP contribution in [0.15, 0.2) is 5.03 Å². The summed E-state index contributed by atoms with van der Waals surface area (Å²) < 4.78 is 0. The van der Waals surface area contributed by atoms with E-state index in [4.69, 9.17) is 0 Å². The molecule has 7 heteroatoms. The molecule has 0 aliphatic rings. The number of carbonyl (C=O) groups excluding carboxylic acids is 1. The number of rotatable bonds is 5. The monoisotopic (exact) mass is 376 g/mol. The molecule has 0 saturated carbocycles. The highest BCUT2D eigenvalue weighted by molar-refractivity contribution is 8.00. The zero-order chi connectivity index (χ0) is 18.9. The predicted octanol–water partition coefficient (Wildman–Crippen LogP) is 4.15. The standard InChI is InChI=1S/C18H24N4OS2/c1-9(2)18(7,8-19)22-15(23)12(5)25-17-14-10(3)11(4)24-16(14)20-13(6)21-17/h9,12H,1-7H3,(H,22,23)/t12-,18-/m0/s1. The molecule has 5 nitrogen and oxygen atoms in total. The van der Waals surface area contributed by atoms with E-state index in [9.17, 15) is 10.1 Å². The molecule has 25 heavy (non-hydrogen) atoms. The Morgan fingerprint density at radius 1 is 1.28 bits per heavy atom. The van der Waals surface area contributed by atoms with Gasteiger partial charge in [0.2, 0.25) is 5.91 Å². The Labute approximate surface area is 157 Å². The minimum Gasteiger partial charge on any atom is -0.337 e. The number of aromatic nitrogens is 2. The smallest absolute Gasteiger partial charge is 0.234 e. The molecule has 2 heterocycles. The third-order valence-corrected chi connectivity index (χ3v) is 6.72. The Balaban J connectivity index is 2.29. The number of thioether (sulfide) groups is 1. The van der Waals surface area contributed by atoms with Gasteiger partial charge >= 0.3 is 0 Å². The summed E-state index contributed by atoms with van der Waals surface area (Å²) in [5.74, 6) is 0.568. The molecule has 0 aromatic carbocycles. The molecule has 2 atom stereocenters. The van der Waals surface area contributed by atoms with Crippen molar-refractivity contribution in [3.8, 4) is 6.07 Å². The van der Waals surface area contributed by atoms with Gasteiger partial charge in [0.05, 0.1) is 11.3 Å². The fraction of sp³-hybridized carbons (Fsp3) is 0.556. The van der Waals surface area contributed by atoms with E-state index in [2.05, 4.69) is 35.2 Å². The lowest BCUT2D eigenvalue weighted by Gasteiger charge is -2.28. The lowest BCUT2D eigenvalue weighted by Crippen LogP contribution is -2.51. The lowest BCUT2D eigenvalue weighted by molar-refractivity contribution is -0.121. The number of nitriles is 1. The van der Waals surface area contributed by atoms with Crippen molar-refractivity contribution in [3.63, 3.8) is 0 Å². The zero-order valence-corrected chi connectivity index (χ0v) is 17.4. The van der Waals surface area contributed by atoms with Crippen LogP contribution in [-0.4, -0.2) is 26.7 Å². The first-order chi connectivity index (χ1) is 11.6. The van der Waals surface area contributed by atoms with Gasteiger partial charge in [-0.15, -0.1) is 11.3 Å². The highest BCUT2D eigenvalue weighted by Gasteiger charge is 2.32. The summed E-state index contributed by atoms with van der Waals surface area (Å²) in [6.45, 7) is 13.5. The molecule has 1 amide bonds. The number of hydrogen-bond donors (Lipinski definition) is 1. The Morgan fingerprint density at radius 2 is 1.92 bits per heavy atom. The average molecular weight is 377 g/mol. The van der Waals surface area contributed by atoms with Gasteiger partial charge in [-0.1, -0.05) is 25.6 Å². The number of fused-ring (bicyclic) bond motifs is 1. The van der Waals surface area contributed by atoms with E-state index in [1.165, 1.54) is 22.2 Å². The Hall–Kier alpha value is -1.65. The van der Waals surface area contributed by atoms with Crippen molar-refractivity contribution >= 4 is 39.2 Å². The predicted molar refractivity (Wildman–Crippen MR) is 104 cm³/mol. The van der Waals surface area contributed by atoms with Crippen LogP contribution in [0, 0.1) is 38.0 Å². The van der Waals surface area contributed by atoms with Gasteiger partial charge in [0.15, 0.2) is 0 Å². The van der Waals surface area contributed by atoms with Crippen LogP contribution >= 0.6 is 23.1 Å². The molecule has 2 rings (SSSR count). The summed E-state index contributed by atoms with van der Waals surface area (Å²) in [4.78, 5) is 23.9. The van der Waals surface area contributed by atoms with E-state index in [0.29, 0.717) is 5.82 Å². The zero-order valence-electron chi connectivity index (χ0n) is 15.7. The van der Waals surface area contributed by atoms with Crippen molar-refractivity contribution in [1.82, 2.24) is 15.3 Å². The molecular weight excluding hydrogens is 352 g/mol. The van der Waals surface area contributed by atoms with Gasteiger partial charge in [-0.2, -0.15) is 5.26 Å². The Kier molecular flexibility index (Phi) is 5.75. The number of nitrogens with zero attached hydrogens (tertiary/aromatic N) is 3. The average Bonchev–Trinajstić information content (AvgIpc) is 2.81. The molecule has 0 aliphatic carbocycles. The number of thiophene rings is 1. The van der Waals surface area contributed by atoms with Crippen molar-refractivity contribution in [2.24, 2.45) is 5.92 Å². The van der Waals surface area contributed by atoms with Crippen molar-refractivity contribution in [2.75, 3.05) is 0 Å². The first kappa shape index (κ1) is 19.7. The van der Waals surface area contributed by atoms with Crippen LogP contribution in [0.4, 0.5) is 0 Å². The second-order valence-corrected chi connectivity index (χ2v) is 9.29. The van der Waals surface area contributed by atoms with Crippen LogP contribution in [0.1, 0.15) is 44.0 Å². The van der Waals surface area contributed by atoms with E-state index in [1.807, 2.05) is 27.7 Å². The molecule has 0 fully saturated rings. The van der Waals surface area contributed by atoms with Crippen LogP contribution in [0.25, 0.3) is 10.2 Å². The summed E-state index contributed by atoms with van der Waals surface area (Å²) in [5.41, 5.74) is 0.289. The van der Waals surface area contributed by atoms with E-state index < -0.39 is 5.54 Å². The van der Waals surface area contributed by atoms with Crippen molar-refractivity contribution in [3.05, 3.63) is 16.3 Å². The number of amides is 1. The third kappa shape index (κ3) is 3.96. The molecule has 2 aromatic rings. The minimum absolute atomic E-state index is 0.0217. The van der Waals surface area contributed by atoms with Crippen LogP contribution in [0.5, 0.6) is 0 Å². The summed E-state index contributed by atoms with van der Waals surface area (Å²) in [6.07, 6.45) is 0. The molecular formula is C18H24N4OS2. The Bertz CT molecular complexity index is 853. The maximum atomic E-state index is 12.6. The normalized spacial score (nSPS) is 15.0. The fourth-order valence-electron chi connectivity index (χ4n) is 2.28. The summed E-state index contributed by atoms with van der Waals surface area (Å²) >= 11 is 3.07. The van der Waals surface area contributed by atoms with E-state index in [1.54, 1.807) is 18.3 Å². The summed E-state index contributed by atoms with van der Waals surface area (Å²) in [7, 11) is 0. The molecule has 0 bridgehead atoms. The second kappa shape index (κ2) is 7.30. The molecule has 134 valence electrons. The Morgan fingerprint density at radius 3 is 2.48 bits per heavy atom. The molecule has 0 unspecified atom stereocenters. The van der Waals surface area contributed by atoms with E-state index in [0.717, 1.165) is 15.2 Å². The largest absolute Gasteiger partial charge is 0.337 e. The van der Waals surface area contributed by atoms with Gasteiger partial charge in [-0.25, -0.2) is 9.97 Å². The van der Waals surface area contributed by atoms with Crippen LogP contribution in [0.2, 0.25) is 0 Å². The van der Waals surface area contributed by atoms with Gasteiger partial charge in [0, 0.05) is 10.3 Å². The van der Waals surface area contributed by atoms with Gasteiger partial charge < -0.3 is 5.32 Å². The quantitative estimate of drug-likeness (QED) is 0.626. The number of aryl methyl sites for hydroxylation is 3. The number of carbonyl (C=O) groups is 1. The molecule has 2 aromatic heterocycles. The van der Waals surface area contributed by atoms with Gasteiger partial charge in [0.1, 0.15) is 21.2 Å². The first-order valence-corrected chi connectivity index (χ1v) is 9.93. The summed E-state index contributed by atoms with van der Waals surface area (Å²) in [6, 6.07) is 2.21. The van der Waals surface area contributed by atoms with Gasteiger partial charge in [-0.3, -0.25) is 4.79 Å². The summed E-state index contributed by atoms with van der Waals surface area (Å²) in [5, 5.41) is 13.8. The van der Waals surface area contributed by atoms with Crippen LogP contribution in [0.3, 0.4) is 0 Å². The first-order valence-electron chi connectivity index (χ1n) is 8.23. The maximum absolute atomic E-state index is 12.6. The fourth-order valence-corrected chi connectivity index (χ4v) is 4.47. The van der Waals surface area contributed by atoms with E-state index >= 15 is 0 Å². The topological polar surface area (TPSA) is 78.7 Å². The van der Waals surface area contributed by atoms with Crippen LogP contribution in [-0.2, 0) is 4.79 Å². The molecule has 0 radical (unpaired) electrons. The molecule has 0 saturated heterocycles. The SMILES string of the molecule is Cc1nc(S[C@@H](C)C(=O)N[C@@](C)(C#N)C(C)C)c2c(C)c(C)sc2n1. The van der Waals surface area contributed by atoms with Crippen LogP contribution < -0.4 is 5.32 Å². The second-order valence-electron chi connectivity index (χ2n) is 6.76. The van der Waals surface area contributed by atoms with Gasteiger partial charge in [-0.05, 0) is 46.1 Å². The third-order valence-electron chi connectivity index (χ3n) is 4.53. The van der Waals surface area contributed by atoms with Gasteiger partial charge in [0.25, 0.3) is 0 Å². The lowest BCUT2D eigenvalue weighted by atomic mass is 9.90. The van der Waals surface area contributed by atoms with Crippen molar-refractivity contribution < 1.29 is 4.79 Å². The van der Waals surface area contributed by atoms with Crippen molar-refractivity contribution in [1.29, 1.82) is 5.26 Å². The van der Waals surface area contributed by atoms with E-state index in [-0.39, 0.29) is 17.1 Å². The molecule has 0 aliphatic heterocycles. The molecule has 1 N–H and O–H groups in total. The minimum atomic E-state index is -0.877. The number of hydrogen-bond acceptors (Lipinski definition) is 6. The molecule has 0 spiro atoms. The maximum Gasteiger partial charge on any atom is 0.234 e. The van der Waals surface area contributed by atoms with Crippen molar-refractivity contribution in [2.45, 2.75) is 64.3 Å². The highest BCUT2D eigenvalue weighted by Crippen LogP contribution is 2.36.